The predicted octanol–water partition coefficient (Wildman–Crippen LogP) is 6.22. The Morgan fingerprint density at radius 3 is 2.57 bits per heavy atom. The minimum Gasteiger partial charge on any atom is -0.326 e. The van der Waals surface area contributed by atoms with E-state index in [0.29, 0.717) is 27.2 Å². The Labute approximate surface area is 189 Å². The van der Waals surface area contributed by atoms with E-state index in [9.17, 15) is 9.59 Å². The summed E-state index contributed by atoms with van der Waals surface area (Å²) in [5.74, 6) is -0.214. The van der Waals surface area contributed by atoms with Crippen LogP contribution in [-0.4, -0.2) is 18.4 Å². The lowest BCUT2D eigenvalue weighted by Gasteiger charge is -2.21. The molecular formula is C23H20Cl2N2O2S. The summed E-state index contributed by atoms with van der Waals surface area (Å²) in [6.45, 7) is 0.676. The van der Waals surface area contributed by atoms with Gasteiger partial charge in [0.2, 0.25) is 5.91 Å². The second-order valence-electron chi connectivity index (χ2n) is 7.17. The number of benzene rings is 2. The van der Waals surface area contributed by atoms with Crippen molar-refractivity contribution < 1.29 is 9.59 Å². The summed E-state index contributed by atoms with van der Waals surface area (Å²) in [4.78, 5) is 28.4. The Morgan fingerprint density at radius 2 is 1.80 bits per heavy atom. The van der Waals surface area contributed by atoms with E-state index in [1.54, 1.807) is 41.7 Å². The molecule has 0 saturated carbocycles. The first-order valence-corrected chi connectivity index (χ1v) is 11.3. The lowest BCUT2D eigenvalue weighted by Crippen LogP contribution is -2.31. The fourth-order valence-electron chi connectivity index (χ4n) is 3.55. The van der Waals surface area contributed by atoms with Gasteiger partial charge in [0.25, 0.3) is 5.91 Å². The number of hydrogen-bond donors (Lipinski definition) is 1. The number of halogens is 2. The minimum atomic E-state index is -0.160. The lowest BCUT2D eigenvalue weighted by atomic mass is 10.1. The van der Waals surface area contributed by atoms with Crippen LogP contribution in [0.4, 0.5) is 11.4 Å². The number of carbonyl (C=O) groups is 2. The van der Waals surface area contributed by atoms with Crippen molar-refractivity contribution in [1.82, 2.24) is 0 Å². The molecule has 1 aliphatic rings. The molecule has 0 aliphatic carbocycles. The number of hydrogen-bond acceptors (Lipinski definition) is 3. The standard InChI is InChI=1S/C23H20Cl2N2O2S/c24-18-6-2-1-5-16(18)13-22(28)26-17-10-8-15(9-11-17)23(29)27-12-4-3-7-20-19(27)14-21(25)30-20/h1-2,5-6,8-11,14H,3-4,7,12-13H2,(H,26,28). The van der Waals surface area contributed by atoms with Crippen molar-refractivity contribution in [3.05, 3.63) is 80.0 Å². The van der Waals surface area contributed by atoms with Crippen molar-refractivity contribution in [2.45, 2.75) is 25.7 Å². The molecule has 2 aromatic carbocycles. The molecule has 3 aromatic rings. The molecule has 0 unspecified atom stereocenters. The molecule has 4 nitrogen and oxygen atoms in total. The van der Waals surface area contributed by atoms with Gasteiger partial charge in [-0.1, -0.05) is 41.4 Å². The average molecular weight is 459 g/mol. The van der Waals surface area contributed by atoms with Gasteiger partial charge in [0, 0.05) is 27.7 Å². The van der Waals surface area contributed by atoms with Crippen molar-refractivity contribution in [3.63, 3.8) is 0 Å². The van der Waals surface area contributed by atoms with Crippen molar-refractivity contribution in [2.75, 3.05) is 16.8 Å². The molecule has 1 aliphatic heterocycles. The van der Waals surface area contributed by atoms with Crippen LogP contribution in [0.25, 0.3) is 0 Å². The lowest BCUT2D eigenvalue weighted by molar-refractivity contribution is -0.115. The van der Waals surface area contributed by atoms with E-state index in [1.807, 2.05) is 29.2 Å². The molecule has 7 heteroatoms. The van der Waals surface area contributed by atoms with Crippen LogP contribution in [0.1, 0.15) is 33.6 Å². The van der Waals surface area contributed by atoms with E-state index in [0.717, 1.165) is 35.4 Å². The number of fused-ring (bicyclic) bond motifs is 1. The van der Waals surface area contributed by atoms with Gasteiger partial charge in [-0.25, -0.2) is 0 Å². The highest BCUT2D eigenvalue weighted by Crippen LogP contribution is 2.37. The summed E-state index contributed by atoms with van der Waals surface area (Å²) in [5.41, 5.74) is 2.91. The molecule has 0 bridgehead atoms. The van der Waals surface area contributed by atoms with E-state index in [1.165, 1.54) is 0 Å². The number of anilines is 2. The fourth-order valence-corrected chi connectivity index (χ4v) is 5.07. The van der Waals surface area contributed by atoms with Crippen LogP contribution in [0.15, 0.2) is 54.6 Å². The fraction of sp³-hybridized carbons (Fsp3) is 0.217. The van der Waals surface area contributed by atoms with Gasteiger partial charge in [-0.05, 0) is 61.2 Å². The number of nitrogens with zero attached hydrogens (tertiary/aromatic N) is 1. The van der Waals surface area contributed by atoms with Crippen LogP contribution in [0.5, 0.6) is 0 Å². The van der Waals surface area contributed by atoms with E-state index in [-0.39, 0.29) is 18.2 Å². The SMILES string of the molecule is O=C(Cc1ccccc1Cl)Nc1ccc(C(=O)N2CCCCc3sc(Cl)cc32)cc1. The van der Waals surface area contributed by atoms with Gasteiger partial charge < -0.3 is 10.2 Å². The van der Waals surface area contributed by atoms with Crippen LogP contribution < -0.4 is 10.2 Å². The Balaban J connectivity index is 1.45. The Morgan fingerprint density at radius 1 is 1.03 bits per heavy atom. The number of thiophene rings is 1. The molecule has 30 heavy (non-hydrogen) atoms. The van der Waals surface area contributed by atoms with E-state index in [4.69, 9.17) is 23.2 Å². The Kier molecular flexibility index (Phi) is 6.42. The van der Waals surface area contributed by atoms with Gasteiger partial charge in [0.1, 0.15) is 0 Å². The predicted molar refractivity (Wildman–Crippen MR) is 124 cm³/mol. The molecule has 0 radical (unpaired) electrons. The first-order valence-electron chi connectivity index (χ1n) is 9.74. The van der Waals surface area contributed by atoms with E-state index < -0.39 is 0 Å². The third-order valence-electron chi connectivity index (χ3n) is 5.05. The van der Waals surface area contributed by atoms with Crippen LogP contribution in [0.2, 0.25) is 9.36 Å². The average Bonchev–Trinajstić information content (AvgIpc) is 2.99. The highest BCUT2D eigenvalue weighted by molar-refractivity contribution is 7.16. The third-order valence-corrected chi connectivity index (χ3v) is 6.73. The van der Waals surface area contributed by atoms with Crippen molar-refractivity contribution in [3.8, 4) is 0 Å². The van der Waals surface area contributed by atoms with Gasteiger partial charge in [0.05, 0.1) is 16.4 Å². The molecule has 0 spiro atoms. The van der Waals surface area contributed by atoms with Crippen LogP contribution in [-0.2, 0) is 17.6 Å². The molecule has 0 atom stereocenters. The minimum absolute atomic E-state index is 0.0541. The quantitative estimate of drug-likeness (QED) is 0.504. The normalized spacial score (nSPS) is 13.5. The number of rotatable bonds is 4. The van der Waals surface area contributed by atoms with Crippen LogP contribution in [0, 0.1) is 0 Å². The molecule has 2 amide bonds. The van der Waals surface area contributed by atoms with E-state index in [2.05, 4.69) is 5.32 Å². The van der Waals surface area contributed by atoms with Crippen molar-refractivity contribution in [2.24, 2.45) is 0 Å². The molecule has 0 saturated heterocycles. The molecule has 2 heterocycles. The first kappa shape index (κ1) is 20.9. The van der Waals surface area contributed by atoms with Crippen molar-refractivity contribution in [1.29, 1.82) is 0 Å². The highest BCUT2D eigenvalue weighted by Gasteiger charge is 2.24. The van der Waals surface area contributed by atoms with Crippen LogP contribution >= 0.6 is 34.5 Å². The second kappa shape index (κ2) is 9.21. The topological polar surface area (TPSA) is 49.4 Å². The summed E-state index contributed by atoms with van der Waals surface area (Å²) < 4.78 is 0.705. The zero-order valence-corrected chi connectivity index (χ0v) is 18.5. The number of amides is 2. The summed E-state index contributed by atoms with van der Waals surface area (Å²) in [6, 6.07) is 16.1. The second-order valence-corrected chi connectivity index (χ2v) is 9.34. The molecule has 154 valence electrons. The molecule has 1 N–H and O–H groups in total. The molecule has 1 aromatic heterocycles. The molecule has 4 rings (SSSR count). The summed E-state index contributed by atoms with van der Waals surface area (Å²) in [6.07, 6.45) is 3.15. The van der Waals surface area contributed by atoms with E-state index >= 15 is 0 Å². The zero-order valence-electron chi connectivity index (χ0n) is 16.2. The molecular weight excluding hydrogens is 439 g/mol. The van der Waals surface area contributed by atoms with Gasteiger partial charge in [0.15, 0.2) is 0 Å². The van der Waals surface area contributed by atoms with Gasteiger partial charge in [-0.2, -0.15) is 0 Å². The number of nitrogens with one attached hydrogen (secondary N) is 1. The summed E-state index contributed by atoms with van der Waals surface area (Å²) in [7, 11) is 0. The Hall–Kier alpha value is -2.34. The van der Waals surface area contributed by atoms with Gasteiger partial charge in [-0.3, -0.25) is 9.59 Å². The zero-order chi connectivity index (χ0) is 21.1. The maximum Gasteiger partial charge on any atom is 0.258 e. The maximum absolute atomic E-state index is 13.1. The van der Waals surface area contributed by atoms with Gasteiger partial charge in [-0.15, -0.1) is 11.3 Å². The third kappa shape index (κ3) is 4.69. The summed E-state index contributed by atoms with van der Waals surface area (Å²) >= 11 is 13.9. The number of carbonyl (C=O) groups excluding carboxylic acids is 2. The van der Waals surface area contributed by atoms with Gasteiger partial charge >= 0.3 is 0 Å². The first-order chi connectivity index (χ1) is 14.5. The Bertz CT molecular complexity index is 1080. The smallest absolute Gasteiger partial charge is 0.258 e. The largest absolute Gasteiger partial charge is 0.326 e. The van der Waals surface area contributed by atoms with Crippen molar-refractivity contribution >= 4 is 57.7 Å². The molecule has 0 fully saturated rings. The highest BCUT2D eigenvalue weighted by atomic mass is 35.5. The summed E-state index contributed by atoms with van der Waals surface area (Å²) in [5, 5.41) is 3.42. The number of aryl methyl sites for hydroxylation is 1. The monoisotopic (exact) mass is 458 g/mol. The van der Waals surface area contributed by atoms with Crippen LogP contribution in [0.3, 0.4) is 0 Å². The maximum atomic E-state index is 13.1.